The SMILES string of the molecule is O=C(CCN1CCOC1=O)N1CCN(C(=O)c2ccc(F)cc2)CC1. The Morgan fingerprint density at radius 2 is 1.64 bits per heavy atom. The maximum atomic E-state index is 12.9. The van der Waals surface area contributed by atoms with Gasteiger partial charge in [0.05, 0.1) is 6.54 Å². The Bertz CT molecular complexity index is 656. The fraction of sp³-hybridized carbons (Fsp3) is 0.471. The normalized spacial score (nSPS) is 17.6. The summed E-state index contributed by atoms with van der Waals surface area (Å²) in [5, 5.41) is 0. The Morgan fingerprint density at radius 3 is 2.24 bits per heavy atom. The van der Waals surface area contributed by atoms with Gasteiger partial charge in [-0.3, -0.25) is 9.59 Å². The van der Waals surface area contributed by atoms with Crippen molar-refractivity contribution in [2.75, 3.05) is 45.9 Å². The van der Waals surface area contributed by atoms with E-state index in [1.165, 1.54) is 29.2 Å². The third kappa shape index (κ3) is 4.07. The van der Waals surface area contributed by atoms with Crippen LogP contribution in [0, 0.1) is 5.82 Å². The lowest BCUT2D eigenvalue weighted by Gasteiger charge is -2.35. The van der Waals surface area contributed by atoms with Crippen molar-refractivity contribution >= 4 is 17.9 Å². The second-order valence-corrected chi connectivity index (χ2v) is 6.03. The predicted octanol–water partition coefficient (Wildman–Crippen LogP) is 0.952. The van der Waals surface area contributed by atoms with Crippen LogP contribution in [0.5, 0.6) is 0 Å². The van der Waals surface area contributed by atoms with E-state index in [1.54, 1.807) is 9.80 Å². The number of carbonyl (C=O) groups is 3. The zero-order valence-corrected chi connectivity index (χ0v) is 13.8. The van der Waals surface area contributed by atoms with Crippen molar-refractivity contribution < 1.29 is 23.5 Å². The molecule has 0 aromatic heterocycles. The molecule has 2 saturated heterocycles. The summed E-state index contributed by atoms with van der Waals surface area (Å²) < 4.78 is 17.8. The molecule has 0 N–H and O–H groups in total. The molecule has 0 bridgehead atoms. The van der Waals surface area contributed by atoms with Gasteiger partial charge in [0.15, 0.2) is 0 Å². The first-order valence-electron chi connectivity index (χ1n) is 8.29. The van der Waals surface area contributed by atoms with Crippen LogP contribution < -0.4 is 0 Å². The highest BCUT2D eigenvalue weighted by Gasteiger charge is 2.27. The molecule has 3 amide bonds. The highest BCUT2D eigenvalue weighted by atomic mass is 19.1. The van der Waals surface area contributed by atoms with Gasteiger partial charge in [0.1, 0.15) is 12.4 Å². The minimum absolute atomic E-state index is 0.0337. The molecule has 8 heteroatoms. The second-order valence-electron chi connectivity index (χ2n) is 6.03. The first-order valence-corrected chi connectivity index (χ1v) is 8.29. The largest absolute Gasteiger partial charge is 0.448 e. The van der Waals surface area contributed by atoms with Crippen LogP contribution in [0.15, 0.2) is 24.3 Å². The summed E-state index contributed by atoms with van der Waals surface area (Å²) in [6.45, 7) is 3.03. The van der Waals surface area contributed by atoms with Crippen LogP contribution in [0.25, 0.3) is 0 Å². The standard InChI is InChI=1S/C17H20FN3O4/c18-14-3-1-13(2-4-14)16(23)20-9-7-19(8-10-20)15(22)5-6-21-11-12-25-17(21)24/h1-4H,5-12H2. The number of piperazine rings is 1. The molecule has 134 valence electrons. The quantitative estimate of drug-likeness (QED) is 0.812. The van der Waals surface area contributed by atoms with Crippen molar-refractivity contribution in [3.63, 3.8) is 0 Å². The lowest BCUT2D eigenvalue weighted by Crippen LogP contribution is -2.51. The second kappa shape index (κ2) is 7.50. The maximum absolute atomic E-state index is 12.9. The van der Waals surface area contributed by atoms with Gasteiger partial charge in [-0.2, -0.15) is 0 Å². The molecule has 0 spiro atoms. The van der Waals surface area contributed by atoms with Crippen molar-refractivity contribution in [1.82, 2.24) is 14.7 Å². The molecular formula is C17H20FN3O4. The van der Waals surface area contributed by atoms with E-state index >= 15 is 0 Å². The minimum Gasteiger partial charge on any atom is -0.448 e. The predicted molar refractivity (Wildman–Crippen MR) is 86.4 cm³/mol. The van der Waals surface area contributed by atoms with Gasteiger partial charge < -0.3 is 19.4 Å². The number of amides is 3. The van der Waals surface area contributed by atoms with E-state index in [2.05, 4.69) is 0 Å². The lowest BCUT2D eigenvalue weighted by molar-refractivity contribution is -0.132. The minimum atomic E-state index is -0.381. The zero-order chi connectivity index (χ0) is 17.8. The molecule has 7 nitrogen and oxygen atoms in total. The number of rotatable bonds is 4. The smallest absolute Gasteiger partial charge is 0.409 e. The number of halogens is 1. The van der Waals surface area contributed by atoms with Crippen LogP contribution in [-0.2, 0) is 9.53 Å². The Morgan fingerprint density at radius 1 is 1.00 bits per heavy atom. The Balaban J connectivity index is 1.46. The van der Waals surface area contributed by atoms with E-state index in [4.69, 9.17) is 4.74 Å². The van der Waals surface area contributed by atoms with Crippen LogP contribution >= 0.6 is 0 Å². The van der Waals surface area contributed by atoms with Crippen molar-refractivity contribution in [3.05, 3.63) is 35.6 Å². The molecule has 0 unspecified atom stereocenters. The molecule has 2 aliphatic heterocycles. The van der Waals surface area contributed by atoms with Gasteiger partial charge in [-0.15, -0.1) is 0 Å². The highest BCUT2D eigenvalue weighted by molar-refractivity contribution is 5.94. The van der Waals surface area contributed by atoms with E-state index in [1.807, 2.05) is 0 Å². The molecule has 2 heterocycles. The van der Waals surface area contributed by atoms with Crippen molar-refractivity contribution in [2.45, 2.75) is 6.42 Å². The number of carbonyl (C=O) groups excluding carboxylic acids is 3. The lowest BCUT2D eigenvalue weighted by atomic mass is 10.1. The fourth-order valence-corrected chi connectivity index (χ4v) is 2.95. The molecule has 3 rings (SSSR count). The van der Waals surface area contributed by atoms with Gasteiger partial charge in [-0.05, 0) is 24.3 Å². The monoisotopic (exact) mass is 349 g/mol. The molecule has 1 aromatic carbocycles. The molecule has 1 aromatic rings. The summed E-state index contributed by atoms with van der Waals surface area (Å²) in [7, 11) is 0. The topological polar surface area (TPSA) is 70.2 Å². The van der Waals surface area contributed by atoms with Crippen LogP contribution in [0.4, 0.5) is 9.18 Å². The number of benzene rings is 1. The van der Waals surface area contributed by atoms with Crippen molar-refractivity contribution in [1.29, 1.82) is 0 Å². The number of nitrogens with zero attached hydrogens (tertiary/aromatic N) is 3. The van der Waals surface area contributed by atoms with E-state index < -0.39 is 0 Å². The molecule has 2 fully saturated rings. The summed E-state index contributed by atoms with van der Waals surface area (Å²) in [6.07, 6.45) is -0.122. The number of cyclic esters (lactones) is 1. The molecule has 0 radical (unpaired) electrons. The van der Waals surface area contributed by atoms with Gasteiger partial charge in [0.25, 0.3) is 5.91 Å². The van der Waals surface area contributed by atoms with Crippen LogP contribution in [-0.4, -0.2) is 78.5 Å². The molecule has 2 aliphatic rings. The zero-order valence-electron chi connectivity index (χ0n) is 13.8. The Hall–Kier alpha value is -2.64. The van der Waals surface area contributed by atoms with E-state index in [0.29, 0.717) is 51.4 Å². The first kappa shape index (κ1) is 17.2. The van der Waals surface area contributed by atoms with Gasteiger partial charge >= 0.3 is 6.09 Å². The van der Waals surface area contributed by atoms with Gasteiger partial charge in [-0.25, -0.2) is 9.18 Å². The van der Waals surface area contributed by atoms with Crippen LogP contribution in [0.3, 0.4) is 0 Å². The molecule has 25 heavy (non-hydrogen) atoms. The van der Waals surface area contributed by atoms with Crippen molar-refractivity contribution in [2.24, 2.45) is 0 Å². The van der Waals surface area contributed by atoms with Crippen LogP contribution in [0.2, 0.25) is 0 Å². The van der Waals surface area contributed by atoms with Crippen LogP contribution in [0.1, 0.15) is 16.8 Å². The average Bonchev–Trinajstić information content (AvgIpc) is 3.05. The molecule has 0 saturated carbocycles. The summed E-state index contributed by atoms with van der Waals surface area (Å²) in [5.41, 5.74) is 0.439. The Kier molecular flexibility index (Phi) is 5.16. The van der Waals surface area contributed by atoms with E-state index in [0.717, 1.165) is 0 Å². The molecule has 0 atom stereocenters. The number of ether oxygens (including phenoxy) is 1. The Labute approximate surface area is 144 Å². The van der Waals surface area contributed by atoms with E-state index in [9.17, 15) is 18.8 Å². The summed E-state index contributed by atoms with van der Waals surface area (Å²) >= 11 is 0. The maximum Gasteiger partial charge on any atom is 0.409 e. The van der Waals surface area contributed by atoms with Gasteiger partial charge in [0.2, 0.25) is 5.91 Å². The summed E-state index contributed by atoms with van der Waals surface area (Å²) in [6, 6.07) is 5.45. The van der Waals surface area contributed by atoms with Crippen molar-refractivity contribution in [3.8, 4) is 0 Å². The third-order valence-electron chi connectivity index (χ3n) is 4.45. The average molecular weight is 349 g/mol. The number of hydrogen-bond donors (Lipinski definition) is 0. The first-order chi connectivity index (χ1) is 12.0. The fourth-order valence-electron chi connectivity index (χ4n) is 2.95. The molecular weight excluding hydrogens is 329 g/mol. The van der Waals surface area contributed by atoms with Gasteiger partial charge in [0, 0.05) is 44.7 Å². The summed E-state index contributed by atoms with van der Waals surface area (Å²) in [5.74, 6) is -0.575. The third-order valence-corrected chi connectivity index (χ3v) is 4.45. The summed E-state index contributed by atoms with van der Waals surface area (Å²) in [4.78, 5) is 40.8. The van der Waals surface area contributed by atoms with Gasteiger partial charge in [-0.1, -0.05) is 0 Å². The highest BCUT2D eigenvalue weighted by Crippen LogP contribution is 2.11. The van der Waals surface area contributed by atoms with E-state index in [-0.39, 0.29) is 30.1 Å². The molecule has 0 aliphatic carbocycles. The number of hydrogen-bond acceptors (Lipinski definition) is 4.